The van der Waals surface area contributed by atoms with Crippen molar-refractivity contribution in [1.29, 1.82) is 0 Å². The number of carboxylic acid groups (broad SMARTS) is 1. The molecule has 21 heavy (non-hydrogen) atoms. The zero-order chi connectivity index (χ0) is 15.2. The van der Waals surface area contributed by atoms with Crippen LogP contribution in [0, 0.1) is 0 Å². The molecule has 0 spiro atoms. The minimum atomic E-state index is -1.22. The van der Waals surface area contributed by atoms with E-state index in [1.165, 1.54) is 6.20 Å². The summed E-state index contributed by atoms with van der Waals surface area (Å²) >= 11 is 0. The molecule has 0 saturated carbocycles. The lowest BCUT2D eigenvalue weighted by atomic mass is 10.1. The van der Waals surface area contributed by atoms with Gasteiger partial charge in [0.15, 0.2) is 5.56 Å². The quantitative estimate of drug-likeness (QED) is 0.846. The summed E-state index contributed by atoms with van der Waals surface area (Å²) in [4.78, 5) is 27.0. The summed E-state index contributed by atoms with van der Waals surface area (Å²) in [5.41, 5.74) is 0.474. The van der Waals surface area contributed by atoms with Gasteiger partial charge in [0.1, 0.15) is 5.69 Å². The van der Waals surface area contributed by atoms with Gasteiger partial charge in [0, 0.05) is 24.4 Å². The Morgan fingerprint density at radius 3 is 2.86 bits per heavy atom. The van der Waals surface area contributed by atoms with Crippen molar-refractivity contribution in [3.8, 4) is 11.3 Å². The predicted molar refractivity (Wildman–Crippen MR) is 74.8 cm³/mol. The number of unbranched alkanes of at least 4 members (excludes halogenated alkanes) is 1. The Bertz CT molecular complexity index is 637. The van der Waals surface area contributed by atoms with Gasteiger partial charge >= 0.3 is 5.97 Å². The average Bonchev–Trinajstić information content (AvgIpc) is 2.89. The van der Waals surface area contributed by atoms with Gasteiger partial charge in [0.25, 0.3) is 0 Å². The molecule has 7 heteroatoms. The van der Waals surface area contributed by atoms with Gasteiger partial charge in [0.2, 0.25) is 11.8 Å². The first-order valence-corrected chi connectivity index (χ1v) is 6.56. The van der Waals surface area contributed by atoms with Gasteiger partial charge < -0.3 is 9.63 Å². The number of anilines is 1. The van der Waals surface area contributed by atoms with E-state index in [1.807, 2.05) is 6.92 Å². The molecule has 0 aliphatic heterocycles. The molecular formula is C14H15N3O4. The molecule has 0 fully saturated rings. The van der Waals surface area contributed by atoms with Crippen LogP contribution in [0.3, 0.4) is 0 Å². The molecule has 2 heterocycles. The third kappa shape index (κ3) is 3.44. The maximum atomic E-state index is 11.7. The number of amides is 1. The number of carboxylic acids is 1. The molecule has 2 aromatic rings. The zero-order valence-electron chi connectivity index (χ0n) is 11.5. The summed E-state index contributed by atoms with van der Waals surface area (Å²) in [7, 11) is 0. The van der Waals surface area contributed by atoms with Crippen molar-refractivity contribution in [2.75, 3.05) is 5.32 Å². The van der Waals surface area contributed by atoms with Crippen molar-refractivity contribution in [3.05, 3.63) is 30.1 Å². The van der Waals surface area contributed by atoms with Crippen LogP contribution >= 0.6 is 0 Å². The first kappa shape index (κ1) is 14.7. The Labute approximate surface area is 121 Å². The number of rotatable bonds is 6. The Kier molecular flexibility index (Phi) is 4.65. The summed E-state index contributed by atoms with van der Waals surface area (Å²) in [5.74, 6) is -1.67. The van der Waals surface area contributed by atoms with E-state index in [0.717, 1.165) is 12.8 Å². The van der Waals surface area contributed by atoms with E-state index >= 15 is 0 Å². The number of carbonyl (C=O) groups is 2. The molecule has 0 aromatic carbocycles. The van der Waals surface area contributed by atoms with Crippen LogP contribution in [0.2, 0.25) is 0 Å². The minimum absolute atomic E-state index is 0.140. The van der Waals surface area contributed by atoms with Gasteiger partial charge in [-0.3, -0.25) is 15.1 Å². The lowest BCUT2D eigenvalue weighted by Gasteiger charge is -2.02. The fraction of sp³-hybridized carbons (Fsp3) is 0.286. The molecule has 2 aromatic heterocycles. The number of nitrogens with zero attached hydrogens (tertiary/aromatic N) is 2. The highest BCUT2D eigenvalue weighted by Gasteiger charge is 2.24. The first-order chi connectivity index (χ1) is 10.1. The summed E-state index contributed by atoms with van der Waals surface area (Å²) in [6.07, 6.45) is 4.94. The van der Waals surface area contributed by atoms with Gasteiger partial charge in [-0.15, -0.1) is 0 Å². The summed E-state index contributed by atoms with van der Waals surface area (Å²) < 4.78 is 4.97. The van der Waals surface area contributed by atoms with E-state index in [-0.39, 0.29) is 23.0 Å². The van der Waals surface area contributed by atoms with Gasteiger partial charge in [-0.1, -0.05) is 18.5 Å². The lowest BCUT2D eigenvalue weighted by molar-refractivity contribution is -0.116. The van der Waals surface area contributed by atoms with E-state index in [9.17, 15) is 14.7 Å². The largest absolute Gasteiger partial charge is 0.477 e. The van der Waals surface area contributed by atoms with Crippen LogP contribution in [-0.4, -0.2) is 27.1 Å². The molecule has 7 nitrogen and oxygen atoms in total. The number of hydrogen-bond donors (Lipinski definition) is 2. The number of aromatic nitrogens is 2. The molecule has 0 bridgehead atoms. The number of aromatic carboxylic acids is 1. The van der Waals surface area contributed by atoms with Crippen molar-refractivity contribution < 1.29 is 19.2 Å². The van der Waals surface area contributed by atoms with Crippen LogP contribution in [0.15, 0.2) is 29.0 Å². The number of carbonyl (C=O) groups excluding carboxylic acids is 1. The van der Waals surface area contributed by atoms with Gasteiger partial charge in [-0.2, -0.15) is 0 Å². The highest BCUT2D eigenvalue weighted by atomic mass is 16.5. The summed E-state index contributed by atoms with van der Waals surface area (Å²) in [6, 6.07) is 3.33. The number of pyridine rings is 1. The fourth-order valence-corrected chi connectivity index (χ4v) is 1.80. The molecule has 0 saturated heterocycles. The molecule has 110 valence electrons. The molecular weight excluding hydrogens is 274 g/mol. The minimum Gasteiger partial charge on any atom is -0.477 e. The Morgan fingerprint density at radius 1 is 1.43 bits per heavy atom. The molecule has 0 aliphatic carbocycles. The van der Waals surface area contributed by atoms with Crippen LogP contribution in [0.1, 0.15) is 36.5 Å². The van der Waals surface area contributed by atoms with E-state index in [2.05, 4.69) is 15.5 Å². The molecule has 0 aliphatic rings. The Morgan fingerprint density at radius 2 is 2.24 bits per heavy atom. The van der Waals surface area contributed by atoms with Gasteiger partial charge in [-0.05, 0) is 18.6 Å². The second-order valence-electron chi connectivity index (χ2n) is 4.43. The molecule has 2 rings (SSSR count). The van der Waals surface area contributed by atoms with Crippen LogP contribution in [0.4, 0.5) is 5.88 Å². The highest BCUT2D eigenvalue weighted by Crippen LogP contribution is 2.28. The van der Waals surface area contributed by atoms with E-state index in [1.54, 1.807) is 18.3 Å². The lowest BCUT2D eigenvalue weighted by Crippen LogP contribution is -2.13. The van der Waals surface area contributed by atoms with Crippen LogP contribution in [-0.2, 0) is 4.79 Å². The SMILES string of the molecule is CCCCC(=O)Nc1onc(-c2cccnc2)c1C(=O)O. The highest BCUT2D eigenvalue weighted by molar-refractivity contribution is 6.03. The molecule has 2 N–H and O–H groups in total. The maximum absolute atomic E-state index is 11.7. The fourth-order valence-electron chi connectivity index (χ4n) is 1.80. The van der Waals surface area contributed by atoms with Crippen LogP contribution in [0.5, 0.6) is 0 Å². The standard InChI is InChI=1S/C14H15N3O4/c1-2-3-6-10(18)16-13-11(14(19)20)12(17-21-13)9-5-4-7-15-8-9/h4-5,7-8H,2-3,6H2,1H3,(H,16,18)(H,19,20). The third-order valence-corrected chi connectivity index (χ3v) is 2.85. The summed E-state index contributed by atoms with van der Waals surface area (Å²) in [5, 5.41) is 15.5. The van der Waals surface area contributed by atoms with Crippen molar-refractivity contribution in [2.24, 2.45) is 0 Å². The maximum Gasteiger partial charge on any atom is 0.343 e. The summed E-state index contributed by atoms with van der Waals surface area (Å²) in [6.45, 7) is 1.96. The smallest absolute Gasteiger partial charge is 0.343 e. The molecule has 0 atom stereocenters. The third-order valence-electron chi connectivity index (χ3n) is 2.85. The topological polar surface area (TPSA) is 105 Å². The first-order valence-electron chi connectivity index (χ1n) is 6.56. The Hall–Kier alpha value is -2.70. The monoisotopic (exact) mass is 289 g/mol. The Balaban J connectivity index is 2.30. The van der Waals surface area contributed by atoms with Gasteiger partial charge in [-0.25, -0.2) is 4.79 Å². The van der Waals surface area contributed by atoms with E-state index < -0.39 is 5.97 Å². The van der Waals surface area contributed by atoms with Crippen LogP contribution in [0.25, 0.3) is 11.3 Å². The number of hydrogen-bond acceptors (Lipinski definition) is 5. The van der Waals surface area contributed by atoms with Gasteiger partial charge in [0.05, 0.1) is 0 Å². The molecule has 0 unspecified atom stereocenters. The second kappa shape index (κ2) is 6.65. The zero-order valence-corrected chi connectivity index (χ0v) is 11.5. The second-order valence-corrected chi connectivity index (χ2v) is 4.43. The van der Waals surface area contributed by atoms with Crippen molar-refractivity contribution in [3.63, 3.8) is 0 Å². The average molecular weight is 289 g/mol. The van der Waals surface area contributed by atoms with Crippen LogP contribution < -0.4 is 5.32 Å². The van der Waals surface area contributed by atoms with Crippen molar-refractivity contribution in [1.82, 2.24) is 10.1 Å². The molecule has 0 radical (unpaired) electrons. The van der Waals surface area contributed by atoms with Crippen molar-refractivity contribution in [2.45, 2.75) is 26.2 Å². The van der Waals surface area contributed by atoms with E-state index in [4.69, 9.17) is 4.52 Å². The number of nitrogens with one attached hydrogen (secondary N) is 1. The van der Waals surface area contributed by atoms with E-state index in [0.29, 0.717) is 12.0 Å². The van der Waals surface area contributed by atoms with Crippen molar-refractivity contribution >= 4 is 17.8 Å². The molecule has 1 amide bonds. The predicted octanol–water partition coefficient (Wildman–Crippen LogP) is 2.56. The normalized spacial score (nSPS) is 10.3.